The molecule has 1 aliphatic rings. The Kier molecular flexibility index (Phi) is 5.03. The number of rotatable bonds is 5. The number of pyridine rings is 1. The molecule has 0 N–H and O–H groups in total. The van der Waals surface area contributed by atoms with Gasteiger partial charge in [-0.05, 0) is 48.9 Å². The van der Waals surface area contributed by atoms with E-state index in [2.05, 4.69) is 30.5 Å². The second kappa shape index (κ2) is 8.12. The van der Waals surface area contributed by atoms with Gasteiger partial charge in [0.2, 0.25) is 0 Å². The third kappa shape index (κ3) is 3.71. The van der Waals surface area contributed by atoms with E-state index in [-0.39, 0.29) is 11.9 Å². The molecule has 1 atom stereocenters. The summed E-state index contributed by atoms with van der Waals surface area (Å²) in [6.07, 6.45) is 8.01. The van der Waals surface area contributed by atoms with Crippen molar-refractivity contribution < 1.29 is 4.39 Å². The Hall–Kier alpha value is -3.45. The highest BCUT2D eigenvalue weighted by molar-refractivity contribution is 5.76. The summed E-state index contributed by atoms with van der Waals surface area (Å²) in [5.74, 6) is -0.261. The lowest BCUT2D eigenvalue weighted by molar-refractivity contribution is 0.313. The molecule has 1 unspecified atom stereocenters. The van der Waals surface area contributed by atoms with Crippen LogP contribution >= 0.6 is 0 Å². The standard InChI is InChI=1S/C23H21FN6/c24-18-6-4-17(5-7-18)22-23(21-8-11-25-15-27-21)30(16-28-22)20-9-12-29(14-20)13-19-3-1-2-10-26-19/h1-8,10-11,15-16,20H,9,12-14H2. The maximum Gasteiger partial charge on any atom is 0.123 e. The van der Waals surface area contributed by atoms with Crippen LogP contribution in [0.2, 0.25) is 0 Å². The number of benzene rings is 1. The third-order valence-electron chi connectivity index (χ3n) is 5.49. The van der Waals surface area contributed by atoms with Gasteiger partial charge >= 0.3 is 0 Å². The molecule has 1 aliphatic heterocycles. The second-order valence-corrected chi connectivity index (χ2v) is 7.45. The van der Waals surface area contributed by atoms with Crippen LogP contribution < -0.4 is 0 Å². The maximum atomic E-state index is 13.4. The summed E-state index contributed by atoms with van der Waals surface area (Å²) in [6, 6.07) is 14.6. The largest absolute Gasteiger partial charge is 0.324 e. The molecule has 1 saturated heterocycles. The Morgan fingerprint density at radius 3 is 2.63 bits per heavy atom. The molecule has 0 radical (unpaired) electrons. The Morgan fingerprint density at radius 2 is 1.87 bits per heavy atom. The molecule has 4 aromatic rings. The Bertz CT molecular complexity index is 1110. The molecule has 5 rings (SSSR count). The van der Waals surface area contributed by atoms with E-state index in [1.807, 2.05) is 30.7 Å². The van der Waals surface area contributed by atoms with Gasteiger partial charge in [0.1, 0.15) is 12.1 Å². The zero-order valence-corrected chi connectivity index (χ0v) is 16.4. The summed E-state index contributed by atoms with van der Waals surface area (Å²) in [6.45, 7) is 2.74. The van der Waals surface area contributed by atoms with Crippen molar-refractivity contribution in [3.05, 3.63) is 85.1 Å². The number of aromatic nitrogens is 5. The minimum Gasteiger partial charge on any atom is -0.324 e. The molecule has 0 aliphatic carbocycles. The average Bonchev–Trinajstić information content (AvgIpc) is 3.43. The van der Waals surface area contributed by atoms with Gasteiger partial charge in [0.15, 0.2) is 0 Å². The normalized spacial score (nSPS) is 16.8. The zero-order chi connectivity index (χ0) is 20.3. The van der Waals surface area contributed by atoms with Crippen molar-refractivity contribution in [1.29, 1.82) is 0 Å². The van der Waals surface area contributed by atoms with E-state index in [0.29, 0.717) is 0 Å². The molecular weight excluding hydrogens is 379 g/mol. The van der Waals surface area contributed by atoms with Gasteiger partial charge in [-0.15, -0.1) is 0 Å². The molecule has 1 aromatic carbocycles. The van der Waals surface area contributed by atoms with Crippen molar-refractivity contribution in [2.24, 2.45) is 0 Å². The first-order valence-electron chi connectivity index (χ1n) is 9.99. The summed E-state index contributed by atoms with van der Waals surface area (Å²) in [5.41, 5.74) is 4.49. The van der Waals surface area contributed by atoms with Crippen LogP contribution in [0.1, 0.15) is 18.2 Å². The van der Waals surface area contributed by atoms with E-state index in [0.717, 1.165) is 54.4 Å². The van der Waals surface area contributed by atoms with Crippen LogP contribution in [0.15, 0.2) is 73.6 Å². The fraction of sp³-hybridized carbons (Fsp3) is 0.217. The summed E-state index contributed by atoms with van der Waals surface area (Å²) in [7, 11) is 0. The molecule has 3 aromatic heterocycles. The summed E-state index contributed by atoms with van der Waals surface area (Å²) in [4.78, 5) is 20.1. The first-order valence-corrected chi connectivity index (χ1v) is 9.99. The highest BCUT2D eigenvalue weighted by Crippen LogP contribution is 2.35. The number of halogens is 1. The van der Waals surface area contributed by atoms with Crippen molar-refractivity contribution in [2.45, 2.75) is 19.0 Å². The van der Waals surface area contributed by atoms with Crippen LogP contribution in [0.4, 0.5) is 4.39 Å². The first kappa shape index (κ1) is 18.6. The molecule has 7 heteroatoms. The predicted molar refractivity (Wildman–Crippen MR) is 112 cm³/mol. The lowest BCUT2D eigenvalue weighted by atomic mass is 10.1. The van der Waals surface area contributed by atoms with E-state index in [9.17, 15) is 4.39 Å². The quantitative estimate of drug-likeness (QED) is 0.507. The van der Waals surface area contributed by atoms with Crippen LogP contribution in [-0.2, 0) is 6.54 Å². The molecule has 0 amide bonds. The summed E-state index contributed by atoms with van der Waals surface area (Å²) < 4.78 is 15.6. The highest BCUT2D eigenvalue weighted by Gasteiger charge is 2.28. The molecule has 0 spiro atoms. The molecule has 150 valence electrons. The maximum absolute atomic E-state index is 13.4. The minimum absolute atomic E-state index is 0.261. The van der Waals surface area contributed by atoms with Crippen molar-refractivity contribution in [2.75, 3.05) is 13.1 Å². The van der Waals surface area contributed by atoms with Crippen LogP contribution in [0.25, 0.3) is 22.6 Å². The molecule has 30 heavy (non-hydrogen) atoms. The SMILES string of the molecule is Fc1ccc(-c2ncn(C3CCN(Cc4ccccn4)C3)c2-c2ccncn2)cc1. The third-order valence-corrected chi connectivity index (χ3v) is 5.49. The molecule has 0 bridgehead atoms. The van der Waals surface area contributed by atoms with Gasteiger partial charge in [0.05, 0.1) is 29.1 Å². The van der Waals surface area contributed by atoms with Gasteiger partial charge in [-0.25, -0.2) is 19.3 Å². The van der Waals surface area contributed by atoms with E-state index < -0.39 is 0 Å². The fourth-order valence-electron chi connectivity index (χ4n) is 4.04. The van der Waals surface area contributed by atoms with Gasteiger partial charge in [-0.3, -0.25) is 9.88 Å². The molecule has 0 saturated carbocycles. The van der Waals surface area contributed by atoms with E-state index in [4.69, 9.17) is 4.98 Å². The van der Waals surface area contributed by atoms with Gasteiger partial charge < -0.3 is 4.57 Å². The topological polar surface area (TPSA) is 59.7 Å². The lowest BCUT2D eigenvalue weighted by Gasteiger charge is -2.18. The fourth-order valence-corrected chi connectivity index (χ4v) is 4.04. The number of hydrogen-bond donors (Lipinski definition) is 0. The predicted octanol–water partition coefficient (Wildman–Crippen LogP) is 3.99. The smallest absolute Gasteiger partial charge is 0.123 e. The highest BCUT2D eigenvalue weighted by atomic mass is 19.1. The Balaban J connectivity index is 1.47. The number of imidazole rings is 1. The van der Waals surface area contributed by atoms with E-state index in [1.54, 1.807) is 24.7 Å². The summed E-state index contributed by atoms with van der Waals surface area (Å²) in [5, 5.41) is 0. The second-order valence-electron chi connectivity index (χ2n) is 7.45. The Labute approximate surface area is 174 Å². The van der Waals surface area contributed by atoms with Gasteiger partial charge in [0.25, 0.3) is 0 Å². The van der Waals surface area contributed by atoms with Crippen molar-refractivity contribution in [1.82, 2.24) is 29.4 Å². The first-order chi connectivity index (χ1) is 14.8. The van der Waals surface area contributed by atoms with Gasteiger partial charge in [-0.2, -0.15) is 0 Å². The van der Waals surface area contributed by atoms with Crippen molar-refractivity contribution in [3.8, 4) is 22.6 Å². The van der Waals surface area contributed by atoms with Gasteiger partial charge in [-0.1, -0.05) is 6.07 Å². The monoisotopic (exact) mass is 400 g/mol. The minimum atomic E-state index is -0.261. The molecule has 6 nitrogen and oxygen atoms in total. The van der Waals surface area contributed by atoms with E-state index >= 15 is 0 Å². The van der Waals surface area contributed by atoms with Crippen molar-refractivity contribution >= 4 is 0 Å². The van der Waals surface area contributed by atoms with Crippen molar-refractivity contribution in [3.63, 3.8) is 0 Å². The lowest BCUT2D eigenvalue weighted by Crippen LogP contribution is -2.21. The number of nitrogens with zero attached hydrogens (tertiary/aromatic N) is 6. The molecule has 1 fully saturated rings. The Morgan fingerprint density at radius 1 is 0.967 bits per heavy atom. The molecule has 4 heterocycles. The number of hydrogen-bond acceptors (Lipinski definition) is 5. The van der Waals surface area contributed by atoms with Crippen LogP contribution in [0.3, 0.4) is 0 Å². The zero-order valence-electron chi connectivity index (χ0n) is 16.4. The van der Waals surface area contributed by atoms with Crippen LogP contribution in [-0.4, -0.2) is 42.5 Å². The van der Waals surface area contributed by atoms with Gasteiger partial charge in [0, 0.05) is 43.6 Å². The van der Waals surface area contributed by atoms with Crippen LogP contribution in [0.5, 0.6) is 0 Å². The van der Waals surface area contributed by atoms with E-state index in [1.165, 1.54) is 12.1 Å². The van der Waals surface area contributed by atoms with Crippen LogP contribution in [0, 0.1) is 5.82 Å². The average molecular weight is 400 g/mol. The number of likely N-dealkylation sites (tertiary alicyclic amines) is 1. The summed E-state index contributed by atoms with van der Waals surface area (Å²) >= 11 is 0. The molecular formula is C23H21FN6.